The zero-order chi connectivity index (χ0) is 25.6. The number of hydrogen-bond donors (Lipinski definition) is 1. The minimum atomic E-state index is -3.16. The summed E-state index contributed by atoms with van der Waals surface area (Å²) in [6.45, 7) is 6.66. The third-order valence-corrected chi connectivity index (χ3v) is 5.17. The van der Waals surface area contributed by atoms with Crippen LogP contribution in [0.25, 0.3) is 16.7 Å². The maximum Gasteiger partial charge on any atom is 0.271 e. The van der Waals surface area contributed by atoms with Gasteiger partial charge in [0.15, 0.2) is 0 Å². The normalized spacial score (nSPS) is 13.2. The molecule has 0 fully saturated rings. The summed E-state index contributed by atoms with van der Waals surface area (Å²) in [6, 6.07) is 11.2. The molecule has 176 valence electrons. The van der Waals surface area contributed by atoms with Gasteiger partial charge in [-0.05, 0) is 73.2 Å². The van der Waals surface area contributed by atoms with Crippen LogP contribution in [0.3, 0.4) is 0 Å². The quantitative estimate of drug-likeness (QED) is 0.269. The van der Waals surface area contributed by atoms with Crippen molar-refractivity contribution >= 4 is 5.57 Å². The highest BCUT2D eigenvalue weighted by Gasteiger charge is 2.30. The molecule has 1 N–H and O–H groups in total. The molecule has 0 aliphatic carbocycles. The van der Waals surface area contributed by atoms with E-state index in [1.807, 2.05) is 0 Å². The first-order valence-electron chi connectivity index (χ1n) is 10.4. The van der Waals surface area contributed by atoms with Gasteiger partial charge in [-0.25, -0.2) is 17.6 Å². The minimum absolute atomic E-state index is 0.0850. The van der Waals surface area contributed by atoms with Crippen LogP contribution in [0.4, 0.5) is 17.6 Å². The maximum atomic E-state index is 14.6. The average molecular weight is 459 g/mol. The molecule has 33 heavy (non-hydrogen) atoms. The van der Waals surface area contributed by atoms with E-state index in [2.05, 4.69) is 24.2 Å². The summed E-state index contributed by atoms with van der Waals surface area (Å²) in [7, 11) is 1.61. The van der Waals surface area contributed by atoms with E-state index in [1.54, 1.807) is 32.2 Å². The molecule has 0 aliphatic rings. The number of nitrogens with zero attached hydrogens (tertiary/aromatic N) is 1. The predicted octanol–water partition coefficient (Wildman–Crippen LogP) is 7.29. The van der Waals surface area contributed by atoms with Crippen molar-refractivity contribution in [2.75, 3.05) is 7.05 Å². The van der Waals surface area contributed by atoms with Gasteiger partial charge in [0, 0.05) is 26.0 Å². The third kappa shape index (κ3) is 7.12. The number of halogens is 4. The first-order chi connectivity index (χ1) is 15.3. The Morgan fingerprint density at radius 2 is 1.70 bits per heavy atom. The number of terminal acetylenes is 1. The molecule has 0 amide bonds. The van der Waals surface area contributed by atoms with Crippen molar-refractivity contribution in [3.05, 3.63) is 64.3 Å². The van der Waals surface area contributed by atoms with Gasteiger partial charge in [-0.2, -0.15) is 5.26 Å². The molecule has 0 spiro atoms. The highest BCUT2D eigenvalue weighted by Crippen LogP contribution is 2.40. The topological polar surface area (TPSA) is 35.8 Å². The molecule has 1 unspecified atom stereocenters. The van der Waals surface area contributed by atoms with Gasteiger partial charge < -0.3 is 5.32 Å². The monoisotopic (exact) mass is 458 g/mol. The molecule has 1 atom stereocenters. The van der Waals surface area contributed by atoms with E-state index in [1.165, 1.54) is 39.0 Å². The van der Waals surface area contributed by atoms with Crippen LogP contribution in [0.2, 0.25) is 0 Å². The fourth-order valence-electron chi connectivity index (χ4n) is 3.51. The summed E-state index contributed by atoms with van der Waals surface area (Å²) < 4.78 is 57.2. The molecule has 0 heterocycles. The van der Waals surface area contributed by atoms with Gasteiger partial charge in [0.25, 0.3) is 5.92 Å². The van der Waals surface area contributed by atoms with Crippen LogP contribution < -0.4 is 5.32 Å². The molecule has 0 bridgehead atoms. The minimum Gasteiger partial charge on any atom is -0.379 e. The summed E-state index contributed by atoms with van der Waals surface area (Å²) in [5.41, 5.74) is 1.03. The van der Waals surface area contributed by atoms with Crippen molar-refractivity contribution in [3.8, 4) is 30.0 Å². The second-order valence-corrected chi connectivity index (χ2v) is 8.39. The Kier molecular flexibility index (Phi) is 9.31. The molecular weight excluding hydrogens is 428 g/mol. The number of nitrogens with one attached hydrogen (secondary N) is 1. The molecule has 0 saturated carbocycles. The summed E-state index contributed by atoms with van der Waals surface area (Å²) in [4.78, 5) is 0. The number of hydrogen-bond acceptors (Lipinski definition) is 2. The number of nitriles is 1. The first kappa shape index (κ1) is 27.8. The zero-order valence-corrected chi connectivity index (χ0v) is 19.9. The lowest BCUT2D eigenvalue weighted by Crippen LogP contribution is -2.14. The van der Waals surface area contributed by atoms with Crippen molar-refractivity contribution in [3.63, 3.8) is 0 Å². The second kappa shape index (κ2) is 11.1. The van der Waals surface area contributed by atoms with Crippen molar-refractivity contribution in [2.24, 2.45) is 0 Å². The van der Waals surface area contributed by atoms with Crippen molar-refractivity contribution in [2.45, 2.75) is 58.8 Å². The molecule has 2 aromatic carbocycles. The van der Waals surface area contributed by atoms with Gasteiger partial charge in [0.05, 0.1) is 0 Å². The summed E-state index contributed by atoms with van der Waals surface area (Å²) in [5.74, 6) is -3.16. The molecule has 2 aromatic rings. The molecule has 6 heteroatoms. The highest BCUT2D eigenvalue weighted by atomic mass is 19.3. The molecule has 0 aromatic heterocycles. The van der Waals surface area contributed by atoms with E-state index < -0.39 is 17.8 Å². The van der Waals surface area contributed by atoms with E-state index >= 15 is 0 Å². The van der Waals surface area contributed by atoms with Crippen molar-refractivity contribution in [1.29, 1.82) is 5.26 Å². The van der Waals surface area contributed by atoms with E-state index in [-0.39, 0.29) is 23.1 Å². The molecule has 2 nitrogen and oxygen atoms in total. The van der Waals surface area contributed by atoms with Gasteiger partial charge in [0.1, 0.15) is 23.6 Å². The Bertz CT molecular complexity index is 1060. The Hall–Kier alpha value is -3.25. The molecule has 0 saturated heterocycles. The third-order valence-electron chi connectivity index (χ3n) is 5.17. The predicted molar refractivity (Wildman–Crippen MR) is 127 cm³/mol. The van der Waals surface area contributed by atoms with Crippen LogP contribution in [0, 0.1) is 24.2 Å². The van der Waals surface area contributed by atoms with Gasteiger partial charge >= 0.3 is 0 Å². The van der Waals surface area contributed by atoms with Crippen LogP contribution in [0.1, 0.15) is 56.9 Å². The second-order valence-electron chi connectivity index (χ2n) is 8.39. The molecular formula is C27H30F4N2. The standard InChI is InChI=1S/C25H28F4N2.C2H2/c1-15(26)9-17-10-18(16(2)23(14-30)31-6)12-19(11-17)21-13-20(24(3,4)27)7-8-22(21)25(5,28)29;1-2/h7-8,10-13,15,31H,9H2,1-6H3;1-2H/b23-16+;. The Labute approximate surface area is 194 Å². The molecule has 2 rings (SSSR count). The van der Waals surface area contributed by atoms with Crippen LogP contribution in [-0.4, -0.2) is 13.2 Å². The number of allylic oxidation sites excluding steroid dienone is 2. The summed E-state index contributed by atoms with van der Waals surface area (Å²) in [5, 5.41) is 12.2. The zero-order valence-electron chi connectivity index (χ0n) is 19.9. The van der Waals surface area contributed by atoms with Crippen LogP contribution in [-0.2, 0) is 18.0 Å². The highest BCUT2D eigenvalue weighted by molar-refractivity contribution is 5.77. The van der Waals surface area contributed by atoms with Gasteiger partial charge in [-0.15, -0.1) is 12.8 Å². The van der Waals surface area contributed by atoms with Crippen LogP contribution in [0.5, 0.6) is 0 Å². The largest absolute Gasteiger partial charge is 0.379 e. The molecule has 0 aliphatic heterocycles. The smallest absolute Gasteiger partial charge is 0.271 e. The number of benzene rings is 2. The van der Waals surface area contributed by atoms with Crippen molar-refractivity contribution < 1.29 is 17.6 Å². The first-order valence-corrected chi connectivity index (χ1v) is 10.4. The Balaban J connectivity index is 0.00000265. The lowest BCUT2D eigenvalue weighted by atomic mass is 9.87. The van der Waals surface area contributed by atoms with Crippen LogP contribution >= 0.6 is 0 Å². The van der Waals surface area contributed by atoms with E-state index in [0.29, 0.717) is 28.0 Å². The number of rotatable bonds is 7. The maximum absolute atomic E-state index is 14.6. The SMILES string of the molecule is C#C.CN/C(C#N)=C(\C)c1cc(CC(C)F)cc(-c2cc(C(C)(C)F)ccc2C(C)(F)F)c1. The summed E-state index contributed by atoms with van der Waals surface area (Å²) in [6.07, 6.45) is 6.94. The Morgan fingerprint density at radius 3 is 2.15 bits per heavy atom. The fourth-order valence-corrected chi connectivity index (χ4v) is 3.51. The lowest BCUT2D eigenvalue weighted by molar-refractivity contribution is 0.0180. The Morgan fingerprint density at radius 1 is 1.09 bits per heavy atom. The summed E-state index contributed by atoms with van der Waals surface area (Å²) >= 11 is 0. The van der Waals surface area contributed by atoms with Gasteiger partial charge in [0.2, 0.25) is 0 Å². The van der Waals surface area contributed by atoms with E-state index in [0.717, 1.165) is 6.92 Å². The number of alkyl halides is 4. The van der Waals surface area contributed by atoms with Gasteiger partial charge in [-0.3, -0.25) is 0 Å². The van der Waals surface area contributed by atoms with Crippen LogP contribution in [0.15, 0.2) is 42.1 Å². The lowest BCUT2D eigenvalue weighted by Gasteiger charge is -2.22. The van der Waals surface area contributed by atoms with E-state index in [9.17, 15) is 22.8 Å². The van der Waals surface area contributed by atoms with Crippen molar-refractivity contribution in [1.82, 2.24) is 5.32 Å². The fraction of sp³-hybridized carbons (Fsp3) is 0.370. The average Bonchev–Trinajstić information content (AvgIpc) is 2.73. The molecule has 0 radical (unpaired) electrons. The van der Waals surface area contributed by atoms with Gasteiger partial charge in [-0.1, -0.05) is 24.3 Å². The van der Waals surface area contributed by atoms with E-state index in [4.69, 9.17) is 0 Å².